The summed E-state index contributed by atoms with van der Waals surface area (Å²) < 4.78 is 0. The van der Waals surface area contributed by atoms with Crippen LogP contribution in [-0.2, 0) is 6.42 Å². The Morgan fingerprint density at radius 1 is 1.29 bits per heavy atom. The monoisotopic (exact) mass is 305 g/mol. The lowest BCUT2D eigenvalue weighted by molar-refractivity contribution is 0.0697. The maximum absolute atomic E-state index is 11.7. The molecule has 0 aliphatic rings. The van der Waals surface area contributed by atoms with Crippen molar-refractivity contribution in [2.24, 2.45) is 0 Å². The number of aromatic nitrogens is 1. The van der Waals surface area contributed by atoms with E-state index in [4.69, 9.17) is 5.11 Å². The average molecular weight is 305 g/mol. The van der Waals surface area contributed by atoms with Crippen LogP contribution in [0.5, 0.6) is 0 Å². The van der Waals surface area contributed by atoms with Gasteiger partial charge in [-0.15, -0.1) is 11.3 Å². The highest BCUT2D eigenvalue weighted by Crippen LogP contribution is 2.10. The molecule has 0 unspecified atom stereocenters. The normalized spacial score (nSPS) is 10.1. The SMILES string of the molecule is Cc1csc(CCNC(=O)Nc2ccc(C(=O)O)cc2)n1. The van der Waals surface area contributed by atoms with Gasteiger partial charge in [0, 0.05) is 29.7 Å². The van der Waals surface area contributed by atoms with Crippen molar-refractivity contribution in [3.8, 4) is 0 Å². The van der Waals surface area contributed by atoms with Gasteiger partial charge in [0.1, 0.15) is 0 Å². The second-order valence-corrected chi connectivity index (χ2v) is 5.34. The molecule has 21 heavy (non-hydrogen) atoms. The Hall–Kier alpha value is -2.41. The molecule has 1 aromatic carbocycles. The number of hydrogen-bond donors (Lipinski definition) is 3. The molecule has 7 heteroatoms. The molecular formula is C14H15N3O3S. The minimum absolute atomic E-state index is 0.181. The van der Waals surface area contributed by atoms with E-state index in [1.807, 2.05) is 12.3 Å². The van der Waals surface area contributed by atoms with E-state index < -0.39 is 5.97 Å². The minimum Gasteiger partial charge on any atom is -0.478 e. The van der Waals surface area contributed by atoms with Gasteiger partial charge in [-0.3, -0.25) is 0 Å². The molecule has 2 rings (SSSR count). The average Bonchev–Trinajstić information content (AvgIpc) is 2.85. The zero-order valence-corrected chi connectivity index (χ0v) is 12.2. The molecule has 0 saturated carbocycles. The van der Waals surface area contributed by atoms with Gasteiger partial charge in [0.05, 0.1) is 10.6 Å². The number of carbonyl (C=O) groups is 2. The number of anilines is 1. The molecule has 0 aliphatic carbocycles. The number of amides is 2. The summed E-state index contributed by atoms with van der Waals surface area (Å²) in [6.45, 7) is 2.42. The molecular weight excluding hydrogens is 290 g/mol. The number of benzene rings is 1. The summed E-state index contributed by atoms with van der Waals surface area (Å²) in [5.74, 6) is -0.996. The van der Waals surface area contributed by atoms with Gasteiger partial charge < -0.3 is 15.7 Å². The predicted molar refractivity (Wildman–Crippen MR) is 81.0 cm³/mol. The first-order valence-electron chi connectivity index (χ1n) is 6.34. The third-order valence-corrected chi connectivity index (χ3v) is 3.71. The minimum atomic E-state index is -0.996. The Morgan fingerprint density at radius 2 is 2.00 bits per heavy atom. The molecule has 0 fully saturated rings. The van der Waals surface area contributed by atoms with Crippen LogP contribution in [0.3, 0.4) is 0 Å². The molecule has 1 heterocycles. The van der Waals surface area contributed by atoms with Gasteiger partial charge in [-0.25, -0.2) is 14.6 Å². The molecule has 0 spiro atoms. The van der Waals surface area contributed by atoms with Crippen LogP contribution >= 0.6 is 11.3 Å². The number of carboxylic acid groups (broad SMARTS) is 1. The van der Waals surface area contributed by atoms with E-state index >= 15 is 0 Å². The smallest absolute Gasteiger partial charge is 0.335 e. The van der Waals surface area contributed by atoms with Crippen LogP contribution in [0.1, 0.15) is 21.1 Å². The van der Waals surface area contributed by atoms with E-state index in [2.05, 4.69) is 15.6 Å². The summed E-state index contributed by atoms with van der Waals surface area (Å²) >= 11 is 1.57. The van der Waals surface area contributed by atoms with E-state index in [1.54, 1.807) is 23.5 Å². The molecule has 110 valence electrons. The number of thiazole rings is 1. The molecule has 0 atom stereocenters. The summed E-state index contributed by atoms with van der Waals surface area (Å²) in [4.78, 5) is 26.7. The molecule has 1 aromatic heterocycles. The lowest BCUT2D eigenvalue weighted by Crippen LogP contribution is -2.30. The highest BCUT2D eigenvalue weighted by atomic mass is 32.1. The Labute approximate surface area is 125 Å². The molecule has 6 nitrogen and oxygen atoms in total. The van der Waals surface area contributed by atoms with Gasteiger partial charge in [-0.1, -0.05) is 0 Å². The lowest BCUT2D eigenvalue weighted by atomic mass is 10.2. The van der Waals surface area contributed by atoms with Crippen molar-refractivity contribution >= 4 is 29.0 Å². The Morgan fingerprint density at radius 3 is 2.57 bits per heavy atom. The van der Waals surface area contributed by atoms with E-state index in [1.165, 1.54) is 12.1 Å². The number of hydrogen-bond acceptors (Lipinski definition) is 4. The summed E-state index contributed by atoms with van der Waals surface area (Å²) in [7, 11) is 0. The Balaban J connectivity index is 1.77. The van der Waals surface area contributed by atoms with Crippen LogP contribution in [0.4, 0.5) is 10.5 Å². The maximum atomic E-state index is 11.7. The first-order chi connectivity index (χ1) is 10.0. The van der Waals surface area contributed by atoms with Crippen LogP contribution < -0.4 is 10.6 Å². The van der Waals surface area contributed by atoms with Crippen molar-refractivity contribution in [1.29, 1.82) is 0 Å². The first-order valence-corrected chi connectivity index (χ1v) is 7.22. The number of rotatable bonds is 5. The van der Waals surface area contributed by atoms with Crippen molar-refractivity contribution in [3.05, 3.63) is 45.9 Å². The van der Waals surface area contributed by atoms with Crippen LogP contribution in [0.25, 0.3) is 0 Å². The maximum Gasteiger partial charge on any atom is 0.335 e. The van der Waals surface area contributed by atoms with E-state index in [-0.39, 0.29) is 11.6 Å². The fourth-order valence-corrected chi connectivity index (χ4v) is 2.45. The summed E-state index contributed by atoms with van der Waals surface area (Å²) in [6.07, 6.45) is 0.684. The number of carbonyl (C=O) groups excluding carboxylic acids is 1. The van der Waals surface area contributed by atoms with Crippen molar-refractivity contribution in [1.82, 2.24) is 10.3 Å². The standard InChI is InChI=1S/C14H15N3O3S/c1-9-8-21-12(16-9)6-7-15-14(20)17-11-4-2-10(3-5-11)13(18)19/h2-5,8H,6-7H2,1H3,(H,18,19)(H2,15,17,20). The third kappa shape index (κ3) is 4.57. The second-order valence-electron chi connectivity index (χ2n) is 4.40. The lowest BCUT2D eigenvalue weighted by Gasteiger charge is -2.07. The van der Waals surface area contributed by atoms with Gasteiger partial charge >= 0.3 is 12.0 Å². The number of aryl methyl sites for hydroxylation is 1. The van der Waals surface area contributed by atoms with Crippen molar-refractivity contribution in [2.45, 2.75) is 13.3 Å². The Kier molecular flexibility index (Phi) is 4.89. The molecule has 0 radical (unpaired) electrons. The summed E-state index contributed by atoms with van der Waals surface area (Å²) in [5.41, 5.74) is 1.71. The van der Waals surface area contributed by atoms with E-state index in [9.17, 15) is 9.59 Å². The zero-order valence-electron chi connectivity index (χ0n) is 11.4. The Bertz CT molecular complexity index is 637. The number of aromatic carboxylic acids is 1. The highest BCUT2D eigenvalue weighted by molar-refractivity contribution is 7.09. The van der Waals surface area contributed by atoms with Crippen molar-refractivity contribution in [2.75, 3.05) is 11.9 Å². The largest absolute Gasteiger partial charge is 0.478 e. The fraction of sp³-hybridized carbons (Fsp3) is 0.214. The molecule has 2 aromatic rings. The number of carboxylic acids is 1. The molecule has 3 N–H and O–H groups in total. The number of urea groups is 1. The van der Waals surface area contributed by atoms with Gasteiger partial charge in [0.15, 0.2) is 0 Å². The predicted octanol–water partition coefficient (Wildman–Crippen LogP) is 2.51. The number of nitrogens with one attached hydrogen (secondary N) is 2. The van der Waals surface area contributed by atoms with Crippen LogP contribution in [0.2, 0.25) is 0 Å². The molecule has 2 amide bonds. The highest BCUT2D eigenvalue weighted by Gasteiger charge is 2.05. The van der Waals surface area contributed by atoms with Gasteiger partial charge in [0.25, 0.3) is 0 Å². The summed E-state index contributed by atoms with van der Waals surface area (Å²) in [6, 6.07) is 5.65. The zero-order chi connectivity index (χ0) is 15.2. The summed E-state index contributed by atoms with van der Waals surface area (Å²) in [5, 5.41) is 17.1. The molecule has 0 aliphatic heterocycles. The van der Waals surface area contributed by atoms with Crippen molar-refractivity contribution in [3.63, 3.8) is 0 Å². The van der Waals surface area contributed by atoms with Crippen molar-refractivity contribution < 1.29 is 14.7 Å². The quantitative estimate of drug-likeness (QED) is 0.791. The molecule has 0 saturated heterocycles. The van der Waals surface area contributed by atoms with E-state index in [0.29, 0.717) is 18.7 Å². The topological polar surface area (TPSA) is 91.3 Å². The van der Waals surface area contributed by atoms with E-state index in [0.717, 1.165) is 10.7 Å². The number of nitrogens with zero attached hydrogens (tertiary/aromatic N) is 1. The van der Waals surface area contributed by atoms with Crippen LogP contribution in [-0.4, -0.2) is 28.6 Å². The van der Waals surface area contributed by atoms with Gasteiger partial charge in [0.2, 0.25) is 0 Å². The molecule has 0 bridgehead atoms. The fourth-order valence-electron chi connectivity index (χ4n) is 1.67. The third-order valence-electron chi connectivity index (χ3n) is 2.68. The van der Waals surface area contributed by atoms with Gasteiger partial charge in [-0.05, 0) is 31.2 Å². The van der Waals surface area contributed by atoms with Crippen LogP contribution in [0.15, 0.2) is 29.6 Å². The second kappa shape index (κ2) is 6.85. The first kappa shape index (κ1) is 15.0. The van der Waals surface area contributed by atoms with Crippen LogP contribution in [0, 0.1) is 6.92 Å². The van der Waals surface area contributed by atoms with Gasteiger partial charge in [-0.2, -0.15) is 0 Å².